The van der Waals surface area contributed by atoms with Crippen molar-refractivity contribution in [2.24, 2.45) is 0 Å². The SMILES string of the molecule is Cc1nc(S[C@@H](C)C(=O)Nc2cc(S(=O)(=O)N(C)C)ccc2C)c2c(C)c(C)sc2n1. The van der Waals surface area contributed by atoms with Gasteiger partial charge >= 0.3 is 0 Å². The number of anilines is 1. The molecule has 0 unspecified atom stereocenters. The number of nitrogens with zero attached hydrogens (tertiary/aromatic N) is 3. The Kier molecular flexibility index (Phi) is 6.75. The van der Waals surface area contributed by atoms with Crippen LogP contribution in [-0.2, 0) is 14.8 Å². The largest absolute Gasteiger partial charge is 0.325 e. The Balaban J connectivity index is 1.87. The Labute approximate surface area is 191 Å². The first kappa shape index (κ1) is 23.6. The van der Waals surface area contributed by atoms with E-state index in [4.69, 9.17) is 0 Å². The average Bonchev–Trinajstić information content (AvgIpc) is 2.96. The quantitative estimate of drug-likeness (QED) is 0.420. The highest BCUT2D eigenvalue weighted by Crippen LogP contribution is 2.36. The molecule has 0 aliphatic heterocycles. The van der Waals surface area contributed by atoms with Crippen LogP contribution in [0.5, 0.6) is 0 Å². The van der Waals surface area contributed by atoms with Gasteiger partial charge < -0.3 is 5.32 Å². The number of amides is 1. The van der Waals surface area contributed by atoms with Gasteiger partial charge in [-0.15, -0.1) is 11.3 Å². The molecule has 0 saturated heterocycles. The molecule has 1 atom stereocenters. The van der Waals surface area contributed by atoms with Crippen LogP contribution in [0.15, 0.2) is 28.1 Å². The van der Waals surface area contributed by atoms with E-state index in [0.717, 1.165) is 30.7 Å². The van der Waals surface area contributed by atoms with E-state index >= 15 is 0 Å². The molecule has 31 heavy (non-hydrogen) atoms. The van der Waals surface area contributed by atoms with E-state index < -0.39 is 15.3 Å². The third-order valence-electron chi connectivity index (χ3n) is 5.01. The average molecular weight is 479 g/mol. The highest BCUT2D eigenvalue weighted by molar-refractivity contribution is 8.00. The summed E-state index contributed by atoms with van der Waals surface area (Å²) < 4.78 is 26.0. The first-order chi connectivity index (χ1) is 14.4. The van der Waals surface area contributed by atoms with Gasteiger partial charge in [-0.25, -0.2) is 22.7 Å². The maximum atomic E-state index is 12.9. The van der Waals surface area contributed by atoms with Crippen molar-refractivity contribution >= 4 is 54.9 Å². The molecule has 1 amide bonds. The van der Waals surface area contributed by atoms with Gasteiger partial charge in [-0.1, -0.05) is 17.8 Å². The molecule has 3 rings (SSSR count). The van der Waals surface area contributed by atoms with Crippen molar-refractivity contribution in [3.8, 4) is 0 Å². The molecule has 166 valence electrons. The maximum absolute atomic E-state index is 12.9. The smallest absolute Gasteiger partial charge is 0.242 e. The number of thiophene rings is 1. The van der Waals surface area contributed by atoms with Crippen LogP contribution in [0.4, 0.5) is 5.69 Å². The summed E-state index contributed by atoms with van der Waals surface area (Å²) in [5, 5.41) is 4.22. The molecule has 10 heteroatoms. The number of hydrogen-bond acceptors (Lipinski definition) is 7. The maximum Gasteiger partial charge on any atom is 0.242 e. The number of sulfonamides is 1. The first-order valence-electron chi connectivity index (χ1n) is 9.67. The second kappa shape index (κ2) is 8.85. The van der Waals surface area contributed by atoms with Crippen molar-refractivity contribution in [1.82, 2.24) is 14.3 Å². The molecular weight excluding hydrogens is 452 g/mol. The predicted molar refractivity (Wildman–Crippen MR) is 128 cm³/mol. The van der Waals surface area contributed by atoms with Gasteiger partial charge in [-0.05, 0) is 57.9 Å². The molecule has 7 nitrogen and oxygen atoms in total. The Morgan fingerprint density at radius 2 is 1.84 bits per heavy atom. The minimum atomic E-state index is -3.59. The number of rotatable bonds is 6. The first-order valence-corrected chi connectivity index (χ1v) is 12.8. The molecule has 3 aromatic rings. The fraction of sp³-hybridized carbons (Fsp3) is 0.381. The van der Waals surface area contributed by atoms with E-state index in [2.05, 4.69) is 22.2 Å². The van der Waals surface area contributed by atoms with Gasteiger partial charge in [0.25, 0.3) is 0 Å². The second-order valence-corrected chi connectivity index (χ2v) is 12.2. The van der Waals surface area contributed by atoms with Crippen molar-refractivity contribution in [1.29, 1.82) is 0 Å². The van der Waals surface area contributed by atoms with Crippen molar-refractivity contribution in [2.75, 3.05) is 19.4 Å². The van der Waals surface area contributed by atoms with Gasteiger partial charge in [0, 0.05) is 30.0 Å². The van der Waals surface area contributed by atoms with Gasteiger partial charge in [0.2, 0.25) is 15.9 Å². The molecule has 0 aliphatic carbocycles. The van der Waals surface area contributed by atoms with E-state index in [0.29, 0.717) is 11.5 Å². The van der Waals surface area contributed by atoms with Gasteiger partial charge in [-0.3, -0.25) is 4.79 Å². The minimum absolute atomic E-state index is 0.135. The van der Waals surface area contributed by atoms with Crippen molar-refractivity contribution in [2.45, 2.75) is 49.8 Å². The van der Waals surface area contributed by atoms with E-state index in [1.165, 1.54) is 36.8 Å². The Morgan fingerprint density at radius 1 is 1.16 bits per heavy atom. The zero-order chi connectivity index (χ0) is 23.1. The number of nitrogens with one attached hydrogen (secondary N) is 1. The lowest BCUT2D eigenvalue weighted by molar-refractivity contribution is -0.115. The van der Waals surface area contributed by atoms with E-state index in [1.54, 1.807) is 23.5 Å². The van der Waals surface area contributed by atoms with Crippen LogP contribution < -0.4 is 5.32 Å². The van der Waals surface area contributed by atoms with Gasteiger partial charge in [0.05, 0.1) is 10.1 Å². The molecule has 0 fully saturated rings. The number of aromatic nitrogens is 2. The molecule has 0 spiro atoms. The van der Waals surface area contributed by atoms with E-state index in [9.17, 15) is 13.2 Å². The fourth-order valence-electron chi connectivity index (χ4n) is 2.96. The van der Waals surface area contributed by atoms with Gasteiger partial charge in [-0.2, -0.15) is 0 Å². The number of carbonyl (C=O) groups excluding carboxylic acids is 1. The van der Waals surface area contributed by atoms with Crippen molar-refractivity contribution in [3.63, 3.8) is 0 Å². The summed E-state index contributed by atoms with van der Waals surface area (Å²) in [7, 11) is -0.637. The molecule has 0 aliphatic rings. The summed E-state index contributed by atoms with van der Waals surface area (Å²) >= 11 is 3.01. The summed E-state index contributed by atoms with van der Waals surface area (Å²) in [5.41, 5.74) is 2.40. The third kappa shape index (κ3) is 4.77. The number of aryl methyl sites for hydroxylation is 4. The summed E-state index contributed by atoms with van der Waals surface area (Å²) in [4.78, 5) is 24.3. The number of fused-ring (bicyclic) bond motifs is 1. The molecule has 1 N–H and O–H groups in total. The highest BCUT2D eigenvalue weighted by Gasteiger charge is 2.22. The summed E-state index contributed by atoms with van der Waals surface area (Å²) in [6.45, 7) is 9.58. The molecule has 2 heterocycles. The molecule has 2 aromatic heterocycles. The lowest BCUT2D eigenvalue weighted by atomic mass is 10.2. The molecule has 0 radical (unpaired) electrons. The van der Waals surface area contributed by atoms with Crippen LogP contribution in [0.25, 0.3) is 10.2 Å². The normalized spacial score (nSPS) is 13.0. The van der Waals surface area contributed by atoms with Crippen LogP contribution in [0.3, 0.4) is 0 Å². The van der Waals surface area contributed by atoms with Crippen molar-refractivity contribution < 1.29 is 13.2 Å². The Hall–Kier alpha value is -2.01. The predicted octanol–water partition coefficient (Wildman–Crippen LogP) is 4.29. The Morgan fingerprint density at radius 3 is 2.48 bits per heavy atom. The number of thioether (sulfide) groups is 1. The van der Waals surface area contributed by atoms with Gasteiger partial charge in [0.1, 0.15) is 15.7 Å². The Bertz CT molecular complexity index is 1270. The molecule has 1 aromatic carbocycles. The lowest BCUT2D eigenvalue weighted by Crippen LogP contribution is -2.24. The summed E-state index contributed by atoms with van der Waals surface area (Å²) in [6, 6.07) is 4.73. The topological polar surface area (TPSA) is 92.3 Å². The van der Waals surface area contributed by atoms with Crippen LogP contribution in [0.1, 0.15) is 28.8 Å². The van der Waals surface area contributed by atoms with Gasteiger partial charge in [0.15, 0.2) is 0 Å². The number of carbonyl (C=O) groups is 1. The van der Waals surface area contributed by atoms with Crippen LogP contribution >= 0.6 is 23.1 Å². The lowest BCUT2D eigenvalue weighted by Gasteiger charge is -2.16. The number of hydrogen-bond donors (Lipinski definition) is 1. The standard InChI is InChI=1S/C21H26N4O3S3/c1-11-8-9-16(31(27,28)25(6)7)10-17(11)24-19(26)14(4)30-21-18-12(2)13(3)29-20(18)22-15(5)23-21/h8-10,14H,1-7H3,(H,24,26)/t14-/m0/s1. The minimum Gasteiger partial charge on any atom is -0.325 e. The highest BCUT2D eigenvalue weighted by atomic mass is 32.2. The van der Waals surface area contributed by atoms with Crippen LogP contribution in [0, 0.1) is 27.7 Å². The second-order valence-electron chi connectivity index (χ2n) is 7.55. The molecule has 0 bridgehead atoms. The summed E-state index contributed by atoms with van der Waals surface area (Å²) in [5.74, 6) is 0.447. The van der Waals surface area contributed by atoms with E-state index in [1.807, 2.05) is 27.7 Å². The molecule has 0 saturated carbocycles. The third-order valence-corrected chi connectivity index (χ3v) is 9.01. The zero-order valence-corrected chi connectivity index (χ0v) is 21.1. The van der Waals surface area contributed by atoms with Crippen LogP contribution in [-0.4, -0.2) is 47.9 Å². The van der Waals surface area contributed by atoms with Crippen LogP contribution in [0.2, 0.25) is 0 Å². The van der Waals surface area contributed by atoms with E-state index in [-0.39, 0.29) is 10.8 Å². The zero-order valence-electron chi connectivity index (χ0n) is 18.6. The number of benzene rings is 1. The molecular formula is C21H26N4O3S3. The monoisotopic (exact) mass is 478 g/mol. The summed E-state index contributed by atoms with van der Waals surface area (Å²) in [6.07, 6.45) is 0. The fourth-order valence-corrected chi connectivity index (χ4v) is 6.08. The van der Waals surface area contributed by atoms with Crippen molar-refractivity contribution in [3.05, 3.63) is 40.0 Å².